The number of halogens is 1. The molecular formula is C19H26FN3O3. The van der Waals surface area contributed by atoms with E-state index in [0.717, 1.165) is 25.7 Å². The van der Waals surface area contributed by atoms with Gasteiger partial charge >= 0.3 is 0 Å². The molecule has 0 atom stereocenters. The highest BCUT2D eigenvalue weighted by atomic mass is 19.1. The van der Waals surface area contributed by atoms with Crippen LogP contribution in [0.25, 0.3) is 0 Å². The Morgan fingerprint density at radius 3 is 2.62 bits per heavy atom. The summed E-state index contributed by atoms with van der Waals surface area (Å²) in [7, 11) is 0. The van der Waals surface area contributed by atoms with Crippen LogP contribution in [0, 0.1) is 12.7 Å². The maximum absolute atomic E-state index is 13.5. The van der Waals surface area contributed by atoms with E-state index < -0.39 is 11.7 Å². The van der Waals surface area contributed by atoms with Crippen molar-refractivity contribution in [3.8, 4) is 0 Å². The molecule has 1 fully saturated rings. The van der Waals surface area contributed by atoms with E-state index in [9.17, 15) is 18.8 Å². The van der Waals surface area contributed by atoms with Crippen LogP contribution in [0.15, 0.2) is 18.2 Å². The monoisotopic (exact) mass is 363 g/mol. The molecule has 1 aliphatic rings. The smallest absolute Gasteiger partial charge is 0.251 e. The van der Waals surface area contributed by atoms with Gasteiger partial charge in [0.2, 0.25) is 11.8 Å². The lowest BCUT2D eigenvalue weighted by Gasteiger charge is -2.24. The standard InChI is InChI=1S/C19H26FN3O3/c1-14-7-8-15(12-16(14)20)19(26)22-10-9-21-17(24)13-23-11-5-3-2-4-6-18(23)25/h7-8,12H,2-6,9-11,13H2,1H3,(H,21,24)(H,22,26). The summed E-state index contributed by atoms with van der Waals surface area (Å²) in [5, 5.41) is 5.32. The molecule has 26 heavy (non-hydrogen) atoms. The third-order valence-electron chi connectivity index (χ3n) is 4.42. The molecule has 1 aromatic carbocycles. The normalized spacial score (nSPS) is 15.2. The zero-order valence-corrected chi connectivity index (χ0v) is 15.1. The van der Waals surface area contributed by atoms with E-state index in [0.29, 0.717) is 18.5 Å². The van der Waals surface area contributed by atoms with Crippen LogP contribution in [-0.2, 0) is 9.59 Å². The van der Waals surface area contributed by atoms with Gasteiger partial charge in [-0.2, -0.15) is 0 Å². The summed E-state index contributed by atoms with van der Waals surface area (Å²) >= 11 is 0. The Hall–Kier alpha value is -2.44. The van der Waals surface area contributed by atoms with Crippen LogP contribution >= 0.6 is 0 Å². The average molecular weight is 363 g/mol. The first kappa shape index (κ1) is 19.9. The number of carbonyl (C=O) groups excluding carboxylic acids is 3. The van der Waals surface area contributed by atoms with Crippen LogP contribution in [0.5, 0.6) is 0 Å². The molecule has 1 aromatic rings. The first-order chi connectivity index (χ1) is 12.5. The van der Waals surface area contributed by atoms with Crippen molar-refractivity contribution in [3.05, 3.63) is 35.1 Å². The minimum absolute atomic E-state index is 0.0227. The largest absolute Gasteiger partial charge is 0.353 e. The Balaban J connectivity index is 1.69. The third kappa shape index (κ3) is 6.13. The molecule has 0 aromatic heterocycles. The molecule has 2 N–H and O–H groups in total. The number of amides is 3. The maximum atomic E-state index is 13.5. The predicted molar refractivity (Wildman–Crippen MR) is 96.1 cm³/mol. The second-order valence-corrected chi connectivity index (χ2v) is 6.55. The fourth-order valence-electron chi connectivity index (χ4n) is 2.83. The van der Waals surface area contributed by atoms with Gasteiger partial charge in [0.15, 0.2) is 0 Å². The highest BCUT2D eigenvalue weighted by Crippen LogP contribution is 2.11. The van der Waals surface area contributed by atoms with Gasteiger partial charge in [-0.25, -0.2) is 4.39 Å². The van der Waals surface area contributed by atoms with Crippen LogP contribution in [0.2, 0.25) is 0 Å². The molecule has 7 heteroatoms. The number of hydrogen-bond donors (Lipinski definition) is 2. The van der Waals surface area contributed by atoms with E-state index in [1.807, 2.05) is 0 Å². The second kappa shape index (κ2) is 9.89. The summed E-state index contributed by atoms with van der Waals surface area (Å²) in [5.74, 6) is -1.04. The van der Waals surface area contributed by atoms with Gasteiger partial charge in [0.1, 0.15) is 5.82 Å². The van der Waals surface area contributed by atoms with Crippen LogP contribution in [-0.4, -0.2) is 48.8 Å². The quantitative estimate of drug-likeness (QED) is 0.756. The summed E-state index contributed by atoms with van der Waals surface area (Å²) in [6.45, 7) is 2.77. The van der Waals surface area contributed by atoms with E-state index in [-0.39, 0.29) is 37.0 Å². The van der Waals surface area contributed by atoms with E-state index in [2.05, 4.69) is 10.6 Å². The molecule has 0 radical (unpaired) electrons. The molecule has 3 amide bonds. The van der Waals surface area contributed by atoms with Gasteiger partial charge in [-0.3, -0.25) is 14.4 Å². The van der Waals surface area contributed by atoms with Crippen molar-refractivity contribution in [3.63, 3.8) is 0 Å². The van der Waals surface area contributed by atoms with E-state index in [1.54, 1.807) is 24.0 Å². The highest BCUT2D eigenvalue weighted by molar-refractivity contribution is 5.94. The molecule has 0 aliphatic carbocycles. The third-order valence-corrected chi connectivity index (χ3v) is 4.42. The number of nitrogens with zero attached hydrogens (tertiary/aromatic N) is 1. The average Bonchev–Trinajstić information content (AvgIpc) is 2.60. The van der Waals surface area contributed by atoms with E-state index in [1.165, 1.54) is 6.07 Å². The fourth-order valence-corrected chi connectivity index (χ4v) is 2.83. The van der Waals surface area contributed by atoms with Gasteiger partial charge in [-0.15, -0.1) is 0 Å². The van der Waals surface area contributed by atoms with Crippen LogP contribution < -0.4 is 10.6 Å². The Kier molecular flexibility index (Phi) is 7.56. The number of likely N-dealkylation sites (tertiary alicyclic amines) is 1. The summed E-state index contributed by atoms with van der Waals surface area (Å²) in [6, 6.07) is 4.29. The molecule has 0 unspecified atom stereocenters. The van der Waals surface area contributed by atoms with Crippen molar-refractivity contribution in [1.29, 1.82) is 0 Å². The number of aryl methyl sites for hydroxylation is 1. The van der Waals surface area contributed by atoms with Gasteiger partial charge in [0, 0.05) is 31.6 Å². The van der Waals surface area contributed by atoms with E-state index in [4.69, 9.17) is 0 Å². The fraction of sp³-hybridized carbons (Fsp3) is 0.526. The zero-order chi connectivity index (χ0) is 18.9. The topological polar surface area (TPSA) is 78.5 Å². The molecule has 0 saturated carbocycles. The molecule has 2 rings (SSSR count). The SMILES string of the molecule is Cc1ccc(C(=O)NCCNC(=O)CN2CCCCCCC2=O)cc1F. The zero-order valence-electron chi connectivity index (χ0n) is 15.1. The number of nitrogens with one attached hydrogen (secondary N) is 2. The van der Waals surface area contributed by atoms with Crippen molar-refractivity contribution < 1.29 is 18.8 Å². The molecule has 0 bridgehead atoms. The number of hydrogen-bond acceptors (Lipinski definition) is 3. The lowest BCUT2D eigenvalue weighted by atomic mass is 10.1. The molecule has 142 valence electrons. The Morgan fingerprint density at radius 2 is 1.85 bits per heavy atom. The first-order valence-electron chi connectivity index (χ1n) is 9.06. The van der Waals surface area contributed by atoms with Crippen LogP contribution in [0.3, 0.4) is 0 Å². The van der Waals surface area contributed by atoms with Crippen molar-refractivity contribution in [2.75, 3.05) is 26.2 Å². The Bertz CT molecular complexity index is 663. The summed E-state index contributed by atoms with van der Waals surface area (Å²) < 4.78 is 13.5. The highest BCUT2D eigenvalue weighted by Gasteiger charge is 2.18. The number of rotatable bonds is 6. The van der Waals surface area contributed by atoms with Crippen molar-refractivity contribution in [2.24, 2.45) is 0 Å². The maximum Gasteiger partial charge on any atom is 0.251 e. The second-order valence-electron chi connectivity index (χ2n) is 6.55. The van der Waals surface area contributed by atoms with Gasteiger partial charge in [0.25, 0.3) is 5.91 Å². The first-order valence-corrected chi connectivity index (χ1v) is 9.06. The summed E-state index contributed by atoms with van der Waals surface area (Å²) in [5.41, 5.74) is 0.721. The van der Waals surface area contributed by atoms with E-state index >= 15 is 0 Å². The molecule has 1 heterocycles. The molecular weight excluding hydrogens is 337 g/mol. The van der Waals surface area contributed by atoms with Crippen LogP contribution in [0.4, 0.5) is 4.39 Å². The molecule has 0 spiro atoms. The van der Waals surface area contributed by atoms with Crippen molar-refractivity contribution in [2.45, 2.75) is 39.0 Å². The van der Waals surface area contributed by atoms with Gasteiger partial charge in [-0.05, 0) is 37.5 Å². The van der Waals surface area contributed by atoms with Gasteiger partial charge < -0.3 is 15.5 Å². The van der Waals surface area contributed by atoms with Crippen molar-refractivity contribution >= 4 is 17.7 Å². The van der Waals surface area contributed by atoms with Gasteiger partial charge in [-0.1, -0.05) is 18.9 Å². The molecule has 1 aliphatic heterocycles. The summed E-state index contributed by atoms with van der Waals surface area (Å²) in [6.07, 6.45) is 4.44. The summed E-state index contributed by atoms with van der Waals surface area (Å²) in [4.78, 5) is 37.5. The molecule has 1 saturated heterocycles. The Morgan fingerprint density at radius 1 is 1.12 bits per heavy atom. The van der Waals surface area contributed by atoms with Gasteiger partial charge in [0.05, 0.1) is 6.54 Å². The lowest BCUT2D eigenvalue weighted by Crippen LogP contribution is -2.43. The van der Waals surface area contributed by atoms with Crippen LogP contribution in [0.1, 0.15) is 48.0 Å². The minimum atomic E-state index is -0.427. The lowest BCUT2D eigenvalue weighted by molar-refractivity contribution is -0.136. The predicted octanol–water partition coefficient (Wildman–Crippen LogP) is 1.77. The number of benzene rings is 1. The van der Waals surface area contributed by atoms with Crippen molar-refractivity contribution in [1.82, 2.24) is 15.5 Å². The minimum Gasteiger partial charge on any atom is -0.353 e. The Labute approximate surface area is 153 Å². The molecule has 6 nitrogen and oxygen atoms in total. The number of carbonyl (C=O) groups is 3.